The number of aromatic nitrogens is 1. The van der Waals surface area contributed by atoms with Crippen molar-refractivity contribution in [3.8, 4) is 0 Å². The van der Waals surface area contributed by atoms with Crippen molar-refractivity contribution in [1.29, 1.82) is 0 Å². The molecule has 0 fully saturated rings. The van der Waals surface area contributed by atoms with E-state index in [1.165, 1.54) is 0 Å². The van der Waals surface area contributed by atoms with Crippen LogP contribution < -0.4 is 11.1 Å². The van der Waals surface area contributed by atoms with E-state index in [2.05, 4.69) is 26.2 Å². The number of thiazole rings is 1. The maximum absolute atomic E-state index is 10.6. The molecular formula is C10H10BrN3OS. The zero-order chi connectivity index (χ0) is 11.5. The molecule has 0 aliphatic heterocycles. The molecule has 0 unspecified atom stereocenters. The monoisotopic (exact) mass is 299 g/mol. The third-order valence-electron chi connectivity index (χ3n) is 2.00. The van der Waals surface area contributed by atoms with E-state index >= 15 is 0 Å². The van der Waals surface area contributed by atoms with Gasteiger partial charge in [0.2, 0.25) is 5.91 Å². The number of primary amides is 1. The van der Waals surface area contributed by atoms with Crippen LogP contribution in [-0.4, -0.2) is 17.4 Å². The molecule has 4 nitrogen and oxygen atoms in total. The summed E-state index contributed by atoms with van der Waals surface area (Å²) in [5.74, 6) is -0.309. The summed E-state index contributed by atoms with van der Waals surface area (Å²) in [6.07, 6.45) is 0.319. The van der Waals surface area contributed by atoms with Gasteiger partial charge in [-0.3, -0.25) is 4.79 Å². The number of nitrogens with one attached hydrogen (secondary N) is 1. The van der Waals surface area contributed by atoms with Crippen LogP contribution in [-0.2, 0) is 4.79 Å². The van der Waals surface area contributed by atoms with Gasteiger partial charge in [-0.2, -0.15) is 0 Å². The highest BCUT2D eigenvalue weighted by molar-refractivity contribution is 9.10. The van der Waals surface area contributed by atoms with E-state index in [0.29, 0.717) is 13.0 Å². The average molecular weight is 300 g/mol. The van der Waals surface area contributed by atoms with Crippen molar-refractivity contribution in [2.75, 3.05) is 11.9 Å². The lowest BCUT2D eigenvalue weighted by molar-refractivity contribution is -0.117. The van der Waals surface area contributed by atoms with E-state index in [1.54, 1.807) is 11.3 Å². The molecule has 0 radical (unpaired) electrons. The van der Waals surface area contributed by atoms with Crippen molar-refractivity contribution < 1.29 is 4.79 Å². The number of rotatable bonds is 4. The van der Waals surface area contributed by atoms with Gasteiger partial charge in [0.25, 0.3) is 0 Å². The molecule has 0 saturated heterocycles. The number of carbonyl (C=O) groups is 1. The highest BCUT2D eigenvalue weighted by Crippen LogP contribution is 2.27. The van der Waals surface area contributed by atoms with E-state index in [0.717, 1.165) is 19.8 Å². The van der Waals surface area contributed by atoms with Crippen LogP contribution in [0.5, 0.6) is 0 Å². The van der Waals surface area contributed by atoms with Gasteiger partial charge in [-0.1, -0.05) is 27.3 Å². The van der Waals surface area contributed by atoms with Crippen LogP contribution in [0.3, 0.4) is 0 Å². The molecule has 0 saturated carbocycles. The summed E-state index contributed by atoms with van der Waals surface area (Å²) in [6.45, 7) is 0.524. The van der Waals surface area contributed by atoms with Crippen LogP contribution in [0.2, 0.25) is 0 Å². The first-order chi connectivity index (χ1) is 7.65. The Morgan fingerprint density at radius 1 is 1.56 bits per heavy atom. The maximum Gasteiger partial charge on any atom is 0.219 e. The summed E-state index contributed by atoms with van der Waals surface area (Å²) in [6, 6.07) is 5.95. The molecule has 0 aliphatic carbocycles. The van der Waals surface area contributed by atoms with E-state index in [1.807, 2.05) is 18.2 Å². The molecule has 16 heavy (non-hydrogen) atoms. The van der Waals surface area contributed by atoms with Gasteiger partial charge in [0.05, 0.1) is 10.2 Å². The second-order valence-corrected chi connectivity index (χ2v) is 5.22. The highest BCUT2D eigenvalue weighted by Gasteiger charge is 2.03. The van der Waals surface area contributed by atoms with Crippen molar-refractivity contribution in [3.63, 3.8) is 0 Å². The van der Waals surface area contributed by atoms with Crippen LogP contribution >= 0.6 is 27.3 Å². The molecule has 0 atom stereocenters. The molecule has 84 valence electrons. The molecule has 0 aliphatic rings. The Kier molecular flexibility index (Phi) is 3.40. The van der Waals surface area contributed by atoms with E-state index in [9.17, 15) is 4.79 Å². The predicted octanol–water partition coefficient (Wildman–Crippen LogP) is 2.35. The summed E-state index contributed by atoms with van der Waals surface area (Å²) < 4.78 is 2.12. The molecule has 3 N–H and O–H groups in total. The van der Waals surface area contributed by atoms with Gasteiger partial charge in [0.1, 0.15) is 0 Å². The van der Waals surface area contributed by atoms with Crippen molar-refractivity contribution >= 4 is 48.5 Å². The molecule has 1 aromatic heterocycles. The molecule has 6 heteroatoms. The van der Waals surface area contributed by atoms with Crippen molar-refractivity contribution in [1.82, 2.24) is 4.98 Å². The van der Waals surface area contributed by atoms with Crippen LogP contribution in [0, 0.1) is 0 Å². The van der Waals surface area contributed by atoms with Gasteiger partial charge in [0.15, 0.2) is 5.13 Å². The maximum atomic E-state index is 10.6. The Labute approximate surface area is 105 Å². The lowest BCUT2D eigenvalue weighted by Gasteiger charge is -1.97. The molecule has 2 rings (SSSR count). The van der Waals surface area contributed by atoms with Crippen molar-refractivity contribution in [3.05, 3.63) is 22.7 Å². The summed E-state index contributed by atoms with van der Waals surface area (Å²) in [5, 5.41) is 3.89. The van der Waals surface area contributed by atoms with Crippen molar-refractivity contribution in [2.45, 2.75) is 6.42 Å². The fourth-order valence-electron chi connectivity index (χ4n) is 1.27. The number of nitrogens with zero attached hydrogens (tertiary/aromatic N) is 1. The molecule has 0 spiro atoms. The van der Waals surface area contributed by atoms with E-state index in [-0.39, 0.29) is 5.91 Å². The van der Waals surface area contributed by atoms with Gasteiger partial charge < -0.3 is 11.1 Å². The number of fused-ring (bicyclic) bond motifs is 1. The Balaban J connectivity index is 2.10. The molecule has 0 bridgehead atoms. The van der Waals surface area contributed by atoms with Crippen LogP contribution in [0.4, 0.5) is 5.13 Å². The lowest BCUT2D eigenvalue weighted by atomic mass is 10.3. The summed E-state index contributed by atoms with van der Waals surface area (Å²) in [5.41, 5.74) is 5.99. The van der Waals surface area contributed by atoms with Crippen LogP contribution in [0.25, 0.3) is 10.2 Å². The SMILES string of the molecule is NC(=O)CCNc1nc2cc(Br)ccc2s1. The number of nitrogens with two attached hydrogens (primary N) is 1. The standard InChI is InChI=1S/C10H10BrN3OS/c11-6-1-2-8-7(5-6)14-10(16-8)13-4-3-9(12)15/h1-2,5H,3-4H2,(H2,12,15)(H,13,14). The minimum absolute atomic E-state index is 0.309. The molecule has 2 aromatic rings. The first-order valence-electron chi connectivity index (χ1n) is 4.73. The Morgan fingerprint density at radius 3 is 3.12 bits per heavy atom. The second kappa shape index (κ2) is 4.80. The normalized spacial score (nSPS) is 10.6. The first-order valence-corrected chi connectivity index (χ1v) is 6.34. The fraction of sp³-hybridized carbons (Fsp3) is 0.200. The van der Waals surface area contributed by atoms with Crippen LogP contribution in [0.1, 0.15) is 6.42 Å². The third-order valence-corrected chi connectivity index (χ3v) is 3.48. The van der Waals surface area contributed by atoms with Gasteiger partial charge in [-0.05, 0) is 18.2 Å². The Morgan fingerprint density at radius 2 is 2.38 bits per heavy atom. The van der Waals surface area contributed by atoms with E-state index < -0.39 is 0 Å². The van der Waals surface area contributed by atoms with E-state index in [4.69, 9.17) is 5.73 Å². The fourth-order valence-corrected chi connectivity index (χ4v) is 2.49. The molecule has 1 heterocycles. The average Bonchev–Trinajstić information content (AvgIpc) is 2.58. The van der Waals surface area contributed by atoms with Gasteiger partial charge in [-0.15, -0.1) is 0 Å². The number of halogens is 1. The molecule has 1 aromatic carbocycles. The Hall–Kier alpha value is -1.14. The second-order valence-electron chi connectivity index (χ2n) is 3.27. The highest BCUT2D eigenvalue weighted by atomic mass is 79.9. The number of anilines is 1. The number of hydrogen-bond donors (Lipinski definition) is 2. The predicted molar refractivity (Wildman–Crippen MR) is 69.6 cm³/mol. The smallest absolute Gasteiger partial charge is 0.219 e. The van der Waals surface area contributed by atoms with Crippen LogP contribution in [0.15, 0.2) is 22.7 Å². The first kappa shape index (κ1) is 11.3. The third kappa shape index (κ3) is 2.70. The lowest BCUT2D eigenvalue weighted by Crippen LogP contribution is -2.15. The zero-order valence-electron chi connectivity index (χ0n) is 8.37. The largest absolute Gasteiger partial charge is 0.370 e. The van der Waals surface area contributed by atoms with Gasteiger partial charge in [-0.25, -0.2) is 4.98 Å². The van der Waals surface area contributed by atoms with Gasteiger partial charge in [0, 0.05) is 17.4 Å². The minimum atomic E-state index is -0.309. The number of hydrogen-bond acceptors (Lipinski definition) is 4. The molecular weight excluding hydrogens is 290 g/mol. The Bertz CT molecular complexity index is 526. The topological polar surface area (TPSA) is 68.0 Å². The summed E-state index contributed by atoms with van der Waals surface area (Å²) in [7, 11) is 0. The number of amides is 1. The zero-order valence-corrected chi connectivity index (χ0v) is 10.8. The van der Waals surface area contributed by atoms with Gasteiger partial charge >= 0.3 is 0 Å². The summed E-state index contributed by atoms with van der Waals surface area (Å²) >= 11 is 4.96. The summed E-state index contributed by atoms with van der Waals surface area (Å²) in [4.78, 5) is 15.0. The molecule has 1 amide bonds. The van der Waals surface area contributed by atoms with Crippen molar-refractivity contribution in [2.24, 2.45) is 5.73 Å². The number of benzene rings is 1. The number of carbonyl (C=O) groups excluding carboxylic acids is 1. The minimum Gasteiger partial charge on any atom is -0.370 e. The quantitative estimate of drug-likeness (QED) is 0.910.